The fourth-order valence-corrected chi connectivity index (χ4v) is 1.48. The summed E-state index contributed by atoms with van der Waals surface area (Å²) in [5, 5.41) is 36.4. The third kappa shape index (κ3) is 0.896. The van der Waals surface area contributed by atoms with Crippen molar-refractivity contribution in [2.45, 2.75) is 36.6 Å². The van der Waals surface area contributed by atoms with E-state index < -0.39 is 36.6 Å². The monoisotopic (exact) mass is 162 g/mol. The van der Waals surface area contributed by atoms with Crippen LogP contribution in [-0.4, -0.2) is 57.0 Å². The number of ether oxygens (including phenoxy) is 1. The molecule has 11 heavy (non-hydrogen) atoms. The minimum Gasteiger partial charge on any atom is -0.387 e. The smallest absolute Gasteiger partial charge is 0.115 e. The minimum absolute atomic E-state index is 0.497. The van der Waals surface area contributed by atoms with E-state index in [1.54, 1.807) is 0 Å². The molecule has 1 heterocycles. The lowest BCUT2D eigenvalue weighted by atomic mass is 9.90. The standard InChI is InChI=1S/C6H10O5/c7-1-2(8)4(10)6-5(11-6)3(1)9/h1-10H/t1-,2+,3-,4-,5-,6-/m0/s1. The van der Waals surface area contributed by atoms with Gasteiger partial charge in [0.05, 0.1) is 0 Å². The fraction of sp³-hybridized carbons (Fsp3) is 1.00. The number of fused-ring (bicyclic) bond motifs is 1. The van der Waals surface area contributed by atoms with E-state index in [0.29, 0.717) is 0 Å². The summed E-state index contributed by atoms with van der Waals surface area (Å²) in [5.74, 6) is 0. The molecule has 1 saturated carbocycles. The largest absolute Gasteiger partial charge is 0.387 e. The Bertz CT molecular complexity index is 154. The first kappa shape index (κ1) is 7.45. The molecule has 0 aromatic heterocycles. The third-order valence-electron chi connectivity index (χ3n) is 2.28. The first-order valence-corrected chi connectivity index (χ1v) is 3.50. The number of epoxide rings is 1. The summed E-state index contributed by atoms with van der Waals surface area (Å²) in [6, 6.07) is 0. The van der Waals surface area contributed by atoms with Gasteiger partial charge in [0.2, 0.25) is 0 Å². The van der Waals surface area contributed by atoms with Crippen molar-refractivity contribution in [2.24, 2.45) is 0 Å². The van der Waals surface area contributed by atoms with Gasteiger partial charge in [-0.25, -0.2) is 0 Å². The number of hydrogen-bond donors (Lipinski definition) is 4. The molecule has 6 atom stereocenters. The lowest BCUT2D eigenvalue weighted by molar-refractivity contribution is -0.121. The summed E-state index contributed by atoms with van der Waals surface area (Å²) in [6.45, 7) is 0. The summed E-state index contributed by atoms with van der Waals surface area (Å²) >= 11 is 0. The Balaban J connectivity index is 2.13. The highest BCUT2D eigenvalue weighted by Gasteiger charge is 2.59. The van der Waals surface area contributed by atoms with E-state index in [1.807, 2.05) is 0 Å². The number of rotatable bonds is 0. The van der Waals surface area contributed by atoms with E-state index in [0.717, 1.165) is 0 Å². The fourth-order valence-electron chi connectivity index (χ4n) is 1.48. The summed E-state index contributed by atoms with van der Waals surface area (Å²) in [5.41, 5.74) is 0. The van der Waals surface area contributed by atoms with Crippen LogP contribution in [0.1, 0.15) is 0 Å². The van der Waals surface area contributed by atoms with Gasteiger partial charge in [-0.1, -0.05) is 0 Å². The van der Waals surface area contributed by atoms with E-state index in [4.69, 9.17) is 25.2 Å². The Labute approximate surface area is 62.8 Å². The Kier molecular flexibility index (Phi) is 1.45. The maximum atomic E-state index is 9.13. The van der Waals surface area contributed by atoms with Crippen molar-refractivity contribution >= 4 is 0 Å². The Hall–Kier alpha value is -0.200. The van der Waals surface area contributed by atoms with Crippen LogP contribution < -0.4 is 0 Å². The normalized spacial score (nSPS) is 62.2. The average Bonchev–Trinajstić information content (AvgIpc) is 2.76. The van der Waals surface area contributed by atoms with Gasteiger partial charge in [0.1, 0.15) is 36.6 Å². The van der Waals surface area contributed by atoms with Crippen LogP contribution in [0.15, 0.2) is 0 Å². The molecule has 0 bridgehead atoms. The quantitative estimate of drug-likeness (QED) is 0.289. The van der Waals surface area contributed by atoms with Gasteiger partial charge in [-0.2, -0.15) is 0 Å². The molecule has 1 aliphatic heterocycles. The van der Waals surface area contributed by atoms with Crippen molar-refractivity contribution in [1.82, 2.24) is 0 Å². The molecule has 0 aromatic carbocycles. The zero-order valence-corrected chi connectivity index (χ0v) is 5.66. The van der Waals surface area contributed by atoms with E-state index >= 15 is 0 Å². The van der Waals surface area contributed by atoms with Gasteiger partial charge in [0.25, 0.3) is 0 Å². The van der Waals surface area contributed by atoms with Crippen LogP contribution >= 0.6 is 0 Å². The molecule has 5 heteroatoms. The van der Waals surface area contributed by atoms with Gasteiger partial charge >= 0.3 is 0 Å². The second-order valence-corrected chi connectivity index (χ2v) is 3.03. The second-order valence-electron chi connectivity index (χ2n) is 3.03. The third-order valence-corrected chi connectivity index (χ3v) is 2.28. The molecule has 0 amide bonds. The molecule has 2 rings (SSSR count). The van der Waals surface area contributed by atoms with E-state index in [9.17, 15) is 0 Å². The zero-order valence-electron chi connectivity index (χ0n) is 5.66. The van der Waals surface area contributed by atoms with Crippen molar-refractivity contribution in [1.29, 1.82) is 0 Å². The van der Waals surface area contributed by atoms with Gasteiger partial charge < -0.3 is 25.2 Å². The predicted molar refractivity (Wildman–Crippen MR) is 32.7 cm³/mol. The Morgan fingerprint density at radius 3 is 1.36 bits per heavy atom. The second kappa shape index (κ2) is 2.15. The summed E-state index contributed by atoms with van der Waals surface area (Å²) < 4.78 is 4.82. The predicted octanol–water partition coefficient (Wildman–Crippen LogP) is -2.79. The molecule has 64 valence electrons. The molecule has 1 aliphatic carbocycles. The molecule has 1 saturated heterocycles. The van der Waals surface area contributed by atoms with Crippen molar-refractivity contribution in [3.63, 3.8) is 0 Å². The highest BCUT2D eigenvalue weighted by molar-refractivity contribution is 5.07. The van der Waals surface area contributed by atoms with Crippen molar-refractivity contribution in [3.05, 3.63) is 0 Å². The van der Waals surface area contributed by atoms with Crippen LogP contribution in [0.2, 0.25) is 0 Å². The first-order chi connectivity index (χ1) is 5.13. The maximum absolute atomic E-state index is 9.13. The first-order valence-electron chi connectivity index (χ1n) is 3.50. The van der Waals surface area contributed by atoms with Crippen LogP contribution in [-0.2, 0) is 4.74 Å². The molecule has 0 aromatic rings. The van der Waals surface area contributed by atoms with Crippen LogP contribution in [0.25, 0.3) is 0 Å². The van der Waals surface area contributed by atoms with Gasteiger partial charge in [-0.15, -0.1) is 0 Å². The number of hydrogen-bond acceptors (Lipinski definition) is 5. The Morgan fingerprint density at radius 2 is 1.00 bits per heavy atom. The van der Waals surface area contributed by atoms with Gasteiger partial charge in [0, 0.05) is 0 Å². The molecule has 0 radical (unpaired) electrons. The van der Waals surface area contributed by atoms with E-state index in [-0.39, 0.29) is 0 Å². The molecule has 0 spiro atoms. The zero-order chi connectivity index (χ0) is 8.17. The van der Waals surface area contributed by atoms with Crippen LogP contribution in [0.4, 0.5) is 0 Å². The lowest BCUT2D eigenvalue weighted by Crippen LogP contribution is -2.53. The summed E-state index contributed by atoms with van der Waals surface area (Å²) in [6.07, 6.45) is -5.73. The van der Waals surface area contributed by atoms with Crippen LogP contribution in [0.5, 0.6) is 0 Å². The minimum atomic E-state index is -1.30. The van der Waals surface area contributed by atoms with Crippen molar-refractivity contribution < 1.29 is 25.2 Å². The molecule has 5 nitrogen and oxygen atoms in total. The Morgan fingerprint density at radius 1 is 0.636 bits per heavy atom. The summed E-state index contributed by atoms with van der Waals surface area (Å²) in [7, 11) is 0. The van der Waals surface area contributed by atoms with Gasteiger partial charge in [-0.05, 0) is 0 Å². The number of aliphatic hydroxyl groups excluding tert-OH is 4. The maximum Gasteiger partial charge on any atom is 0.115 e. The average molecular weight is 162 g/mol. The molecule has 2 fully saturated rings. The SMILES string of the molecule is O[C@@H]1[C@H](O)[C@H](O)[C@@H]2O[C@H]2[C@H]1O. The highest BCUT2D eigenvalue weighted by atomic mass is 16.6. The molecule has 0 unspecified atom stereocenters. The topological polar surface area (TPSA) is 93.5 Å². The van der Waals surface area contributed by atoms with Crippen molar-refractivity contribution in [3.8, 4) is 0 Å². The van der Waals surface area contributed by atoms with Crippen LogP contribution in [0, 0.1) is 0 Å². The van der Waals surface area contributed by atoms with Gasteiger partial charge in [-0.3, -0.25) is 0 Å². The van der Waals surface area contributed by atoms with Crippen LogP contribution in [0.3, 0.4) is 0 Å². The lowest BCUT2D eigenvalue weighted by Gasteiger charge is -2.28. The molecular weight excluding hydrogens is 152 g/mol. The summed E-state index contributed by atoms with van der Waals surface area (Å²) in [4.78, 5) is 0. The van der Waals surface area contributed by atoms with Gasteiger partial charge in [0.15, 0.2) is 0 Å². The number of aliphatic hydroxyl groups is 4. The molecular formula is C6H10O5. The highest BCUT2D eigenvalue weighted by Crippen LogP contribution is 2.37. The van der Waals surface area contributed by atoms with E-state index in [2.05, 4.69) is 0 Å². The molecule has 4 N–H and O–H groups in total. The van der Waals surface area contributed by atoms with Crippen molar-refractivity contribution in [2.75, 3.05) is 0 Å². The van der Waals surface area contributed by atoms with E-state index in [1.165, 1.54) is 0 Å². The molecule has 2 aliphatic rings.